The lowest BCUT2D eigenvalue weighted by atomic mass is 9.65. The minimum Gasteiger partial charge on any atom is -0.366 e. The molecule has 6 nitrogen and oxygen atoms in total. The SMILES string of the molecule is NC(=O)c1cccc(-c2nnc(NC[C@]3(c4ncccc4F)C[C@H](F)C3)s2)c1. The number of carbonyl (C=O) groups is 1. The second-order valence-electron chi connectivity index (χ2n) is 6.83. The zero-order chi connectivity index (χ0) is 19.7. The fraction of sp³-hybridized carbons (Fsp3) is 0.263. The number of nitrogens with two attached hydrogens (primary N) is 1. The van der Waals surface area contributed by atoms with Crippen LogP contribution in [0.1, 0.15) is 28.9 Å². The number of carbonyl (C=O) groups excluding carboxylic acids is 1. The van der Waals surface area contributed by atoms with E-state index in [0.717, 1.165) is 5.56 Å². The predicted molar refractivity (Wildman–Crippen MR) is 102 cm³/mol. The average Bonchev–Trinajstić information content (AvgIpc) is 3.14. The van der Waals surface area contributed by atoms with Crippen molar-refractivity contribution >= 4 is 22.4 Å². The third kappa shape index (κ3) is 3.45. The van der Waals surface area contributed by atoms with Crippen molar-refractivity contribution < 1.29 is 13.6 Å². The number of hydrogen-bond acceptors (Lipinski definition) is 6. The van der Waals surface area contributed by atoms with Gasteiger partial charge in [0.15, 0.2) is 0 Å². The van der Waals surface area contributed by atoms with E-state index in [0.29, 0.717) is 22.2 Å². The number of pyridine rings is 1. The molecule has 1 aliphatic rings. The first kappa shape index (κ1) is 18.4. The lowest BCUT2D eigenvalue weighted by Gasteiger charge is -2.43. The van der Waals surface area contributed by atoms with Crippen LogP contribution < -0.4 is 11.1 Å². The van der Waals surface area contributed by atoms with Crippen molar-refractivity contribution in [3.05, 3.63) is 59.7 Å². The number of hydrogen-bond donors (Lipinski definition) is 2. The molecule has 0 radical (unpaired) electrons. The lowest BCUT2D eigenvalue weighted by Crippen LogP contribution is -2.48. The van der Waals surface area contributed by atoms with E-state index < -0.39 is 23.3 Å². The van der Waals surface area contributed by atoms with Crippen LogP contribution in [0.25, 0.3) is 10.6 Å². The maximum atomic E-state index is 14.2. The van der Waals surface area contributed by atoms with Gasteiger partial charge >= 0.3 is 0 Å². The van der Waals surface area contributed by atoms with Crippen molar-refractivity contribution in [2.45, 2.75) is 24.4 Å². The average molecular weight is 401 g/mol. The summed E-state index contributed by atoms with van der Waals surface area (Å²) < 4.78 is 27.9. The number of benzene rings is 1. The summed E-state index contributed by atoms with van der Waals surface area (Å²) in [7, 11) is 0. The molecule has 28 heavy (non-hydrogen) atoms. The molecule has 1 aliphatic carbocycles. The Balaban J connectivity index is 1.52. The van der Waals surface area contributed by atoms with E-state index in [4.69, 9.17) is 5.73 Å². The minimum atomic E-state index is -0.968. The fourth-order valence-electron chi connectivity index (χ4n) is 3.45. The molecule has 144 valence electrons. The molecule has 2 heterocycles. The minimum absolute atomic E-state index is 0.209. The Morgan fingerprint density at radius 3 is 2.82 bits per heavy atom. The van der Waals surface area contributed by atoms with Gasteiger partial charge in [-0.05, 0) is 37.1 Å². The van der Waals surface area contributed by atoms with E-state index in [1.807, 2.05) is 0 Å². The molecule has 0 atom stereocenters. The van der Waals surface area contributed by atoms with Gasteiger partial charge in [0.05, 0.1) is 5.69 Å². The molecular weight excluding hydrogens is 384 g/mol. The molecule has 3 N–H and O–H groups in total. The van der Waals surface area contributed by atoms with Gasteiger partial charge < -0.3 is 11.1 Å². The molecule has 0 spiro atoms. The number of anilines is 1. The Morgan fingerprint density at radius 1 is 1.29 bits per heavy atom. The van der Waals surface area contributed by atoms with Crippen LogP contribution in [0.4, 0.5) is 13.9 Å². The van der Waals surface area contributed by atoms with Crippen molar-refractivity contribution in [1.82, 2.24) is 15.2 Å². The molecule has 9 heteroatoms. The van der Waals surface area contributed by atoms with E-state index in [2.05, 4.69) is 20.5 Å². The number of halogens is 2. The molecule has 0 bridgehead atoms. The number of aromatic nitrogens is 3. The standard InChI is InChI=1S/C19H17F2N5OS/c20-13-8-19(9-13,15-14(21)5-2-6-23-15)10-24-18-26-25-17(28-18)12-4-1-3-11(7-12)16(22)27/h1-7,13H,8-10H2,(H2,22,27)(H,24,26)/t13-,19-. The second-order valence-corrected chi connectivity index (χ2v) is 7.81. The summed E-state index contributed by atoms with van der Waals surface area (Å²) >= 11 is 1.29. The van der Waals surface area contributed by atoms with Crippen molar-refractivity contribution in [2.75, 3.05) is 11.9 Å². The smallest absolute Gasteiger partial charge is 0.248 e. The highest BCUT2D eigenvalue weighted by atomic mass is 32.1. The van der Waals surface area contributed by atoms with Crippen LogP contribution in [0.15, 0.2) is 42.6 Å². The molecule has 0 aliphatic heterocycles. The Labute approximate surface area is 163 Å². The number of nitrogens with zero attached hydrogens (tertiary/aromatic N) is 3. The Kier molecular flexibility index (Phi) is 4.76. The molecule has 1 amide bonds. The Morgan fingerprint density at radius 2 is 2.11 bits per heavy atom. The summed E-state index contributed by atoms with van der Waals surface area (Å²) in [6.45, 7) is 0.303. The van der Waals surface area contributed by atoms with E-state index >= 15 is 0 Å². The summed E-state index contributed by atoms with van der Waals surface area (Å²) in [5, 5.41) is 12.5. The molecule has 1 saturated carbocycles. The summed E-state index contributed by atoms with van der Waals surface area (Å²) in [5.41, 5.74) is 5.98. The number of primary amides is 1. The van der Waals surface area contributed by atoms with Gasteiger partial charge in [-0.2, -0.15) is 0 Å². The normalized spacial score (nSPS) is 21.1. The molecule has 4 rings (SSSR count). The molecule has 2 aromatic heterocycles. The topological polar surface area (TPSA) is 93.8 Å². The molecule has 1 aromatic carbocycles. The monoisotopic (exact) mass is 401 g/mol. The van der Waals surface area contributed by atoms with E-state index in [1.165, 1.54) is 29.7 Å². The summed E-state index contributed by atoms with van der Waals surface area (Å²) in [5.74, 6) is -0.952. The number of alkyl halides is 1. The first-order valence-electron chi connectivity index (χ1n) is 8.69. The molecule has 1 fully saturated rings. The summed E-state index contributed by atoms with van der Waals surface area (Å²) in [4.78, 5) is 15.5. The maximum absolute atomic E-state index is 14.2. The van der Waals surface area contributed by atoms with E-state index in [-0.39, 0.29) is 18.5 Å². The highest BCUT2D eigenvalue weighted by Crippen LogP contribution is 2.45. The molecule has 0 saturated heterocycles. The van der Waals surface area contributed by atoms with Gasteiger partial charge in [-0.1, -0.05) is 23.5 Å². The van der Waals surface area contributed by atoms with Crippen molar-refractivity contribution in [1.29, 1.82) is 0 Å². The largest absolute Gasteiger partial charge is 0.366 e. The quantitative estimate of drug-likeness (QED) is 0.661. The van der Waals surface area contributed by atoms with Crippen molar-refractivity contribution in [3.63, 3.8) is 0 Å². The van der Waals surface area contributed by atoms with Gasteiger partial charge in [0.1, 0.15) is 17.0 Å². The van der Waals surface area contributed by atoms with Gasteiger partial charge in [-0.25, -0.2) is 8.78 Å². The lowest BCUT2D eigenvalue weighted by molar-refractivity contribution is 0.0964. The summed E-state index contributed by atoms with van der Waals surface area (Å²) in [6, 6.07) is 9.66. The van der Waals surface area contributed by atoms with E-state index in [1.54, 1.807) is 24.3 Å². The molecule has 3 aromatic rings. The zero-order valence-corrected chi connectivity index (χ0v) is 15.5. The van der Waals surface area contributed by atoms with Crippen LogP contribution in [0.5, 0.6) is 0 Å². The maximum Gasteiger partial charge on any atom is 0.248 e. The summed E-state index contributed by atoms with van der Waals surface area (Å²) in [6.07, 6.45) is 0.964. The van der Waals surface area contributed by atoms with Gasteiger partial charge in [0, 0.05) is 29.3 Å². The number of amides is 1. The Bertz CT molecular complexity index is 1020. The fourth-order valence-corrected chi connectivity index (χ4v) is 4.18. The third-order valence-electron chi connectivity index (χ3n) is 4.88. The third-order valence-corrected chi connectivity index (χ3v) is 5.81. The van der Waals surface area contributed by atoms with Crippen LogP contribution >= 0.6 is 11.3 Å². The van der Waals surface area contributed by atoms with Gasteiger partial charge in [-0.15, -0.1) is 10.2 Å². The molecule has 0 unspecified atom stereocenters. The van der Waals surface area contributed by atoms with Crippen LogP contribution in [-0.2, 0) is 5.41 Å². The second kappa shape index (κ2) is 7.23. The van der Waals surface area contributed by atoms with Crippen LogP contribution in [0, 0.1) is 5.82 Å². The highest BCUT2D eigenvalue weighted by molar-refractivity contribution is 7.18. The number of nitrogens with one attached hydrogen (secondary N) is 1. The van der Waals surface area contributed by atoms with E-state index in [9.17, 15) is 13.6 Å². The van der Waals surface area contributed by atoms with Crippen LogP contribution in [0.2, 0.25) is 0 Å². The first-order chi connectivity index (χ1) is 13.5. The highest BCUT2D eigenvalue weighted by Gasteiger charge is 2.48. The Hall–Kier alpha value is -2.94. The van der Waals surface area contributed by atoms with Crippen LogP contribution in [-0.4, -0.2) is 33.8 Å². The van der Waals surface area contributed by atoms with Crippen LogP contribution in [0.3, 0.4) is 0 Å². The van der Waals surface area contributed by atoms with Gasteiger partial charge in [0.2, 0.25) is 11.0 Å². The van der Waals surface area contributed by atoms with Crippen molar-refractivity contribution in [3.8, 4) is 10.6 Å². The molecular formula is C19H17F2N5OS. The van der Waals surface area contributed by atoms with Gasteiger partial charge in [-0.3, -0.25) is 9.78 Å². The number of rotatable bonds is 6. The van der Waals surface area contributed by atoms with Gasteiger partial charge in [0.25, 0.3) is 0 Å². The predicted octanol–water partition coefficient (Wildman–Crippen LogP) is 3.32. The van der Waals surface area contributed by atoms with Crippen molar-refractivity contribution in [2.24, 2.45) is 5.73 Å². The first-order valence-corrected chi connectivity index (χ1v) is 9.51. The zero-order valence-electron chi connectivity index (χ0n) is 14.7.